The van der Waals surface area contributed by atoms with Crippen molar-refractivity contribution < 1.29 is 22.7 Å². The summed E-state index contributed by atoms with van der Waals surface area (Å²) in [5.41, 5.74) is 1.17. The summed E-state index contributed by atoms with van der Waals surface area (Å²) in [6, 6.07) is 10.8. The second-order valence-electron chi connectivity index (χ2n) is 7.38. The quantitative estimate of drug-likeness (QED) is 0.804. The van der Waals surface area contributed by atoms with E-state index < -0.39 is 15.9 Å². The van der Waals surface area contributed by atoms with Crippen molar-refractivity contribution in [1.82, 2.24) is 9.21 Å². The van der Waals surface area contributed by atoms with Gasteiger partial charge in [0.15, 0.2) is 0 Å². The maximum Gasteiger partial charge on any atom is 0.257 e. The molecule has 4 rings (SSSR count). The molecule has 158 valence electrons. The van der Waals surface area contributed by atoms with Gasteiger partial charge in [0.05, 0.1) is 17.0 Å². The van der Waals surface area contributed by atoms with Crippen molar-refractivity contribution in [3.63, 3.8) is 0 Å². The Kier molecular flexibility index (Phi) is 5.48. The number of nitrogens with one attached hydrogen (secondary N) is 1. The molecule has 0 unspecified atom stereocenters. The second-order valence-corrected chi connectivity index (χ2v) is 9.31. The Morgan fingerprint density at radius 2 is 1.73 bits per heavy atom. The van der Waals surface area contributed by atoms with Crippen molar-refractivity contribution >= 4 is 27.5 Å². The molecule has 0 radical (unpaired) electrons. The third kappa shape index (κ3) is 3.90. The van der Waals surface area contributed by atoms with Crippen LogP contribution in [0.2, 0.25) is 0 Å². The molecule has 2 amide bonds. The minimum atomic E-state index is -3.52. The topological polar surface area (TPSA) is 96.0 Å². The van der Waals surface area contributed by atoms with Gasteiger partial charge in [-0.25, -0.2) is 8.42 Å². The number of carbonyl (C=O) groups excluding carboxylic acids is 2. The highest BCUT2D eigenvalue weighted by Gasteiger charge is 2.27. The SMILES string of the molecule is CN1CCOc2ccc(NC(=O)c3ccc(S(=O)(=O)N4CCCC4)cc3)cc2C1=O. The van der Waals surface area contributed by atoms with Crippen molar-refractivity contribution in [3.05, 3.63) is 53.6 Å². The summed E-state index contributed by atoms with van der Waals surface area (Å²) < 4.78 is 32.3. The van der Waals surface area contributed by atoms with E-state index in [-0.39, 0.29) is 10.8 Å². The van der Waals surface area contributed by atoms with E-state index >= 15 is 0 Å². The molecule has 1 fully saturated rings. The van der Waals surface area contributed by atoms with Gasteiger partial charge in [0, 0.05) is 31.4 Å². The van der Waals surface area contributed by atoms with Gasteiger partial charge in [0.25, 0.3) is 11.8 Å². The number of hydrogen-bond donors (Lipinski definition) is 1. The van der Waals surface area contributed by atoms with Crippen LogP contribution in [0.25, 0.3) is 0 Å². The number of nitrogens with zero attached hydrogens (tertiary/aromatic N) is 2. The van der Waals surface area contributed by atoms with Crippen molar-refractivity contribution in [1.29, 1.82) is 0 Å². The lowest BCUT2D eigenvalue weighted by Gasteiger charge is -2.15. The predicted octanol–water partition coefficient (Wildman–Crippen LogP) is 2.19. The maximum absolute atomic E-state index is 12.6. The summed E-state index contributed by atoms with van der Waals surface area (Å²) in [6.45, 7) is 1.95. The first-order chi connectivity index (χ1) is 14.4. The van der Waals surface area contributed by atoms with E-state index in [0.717, 1.165) is 12.8 Å². The Morgan fingerprint density at radius 3 is 2.43 bits per heavy atom. The molecule has 30 heavy (non-hydrogen) atoms. The first kappa shape index (κ1) is 20.4. The lowest BCUT2D eigenvalue weighted by molar-refractivity contribution is 0.0796. The molecule has 2 heterocycles. The zero-order valence-electron chi connectivity index (χ0n) is 16.6. The van der Waals surface area contributed by atoms with Crippen molar-refractivity contribution in [2.24, 2.45) is 0 Å². The minimum absolute atomic E-state index is 0.171. The first-order valence-corrected chi connectivity index (χ1v) is 11.2. The van der Waals surface area contributed by atoms with Crippen LogP contribution in [0, 0.1) is 0 Å². The highest BCUT2D eigenvalue weighted by Crippen LogP contribution is 2.27. The average molecular weight is 429 g/mol. The zero-order valence-corrected chi connectivity index (χ0v) is 17.4. The fourth-order valence-corrected chi connectivity index (χ4v) is 5.08. The van der Waals surface area contributed by atoms with Gasteiger partial charge in [-0.3, -0.25) is 9.59 Å². The molecule has 2 aliphatic heterocycles. The van der Waals surface area contributed by atoms with Gasteiger partial charge in [-0.2, -0.15) is 4.31 Å². The zero-order chi connectivity index (χ0) is 21.3. The summed E-state index contributed by atoms with van der Waals surface area (Å²) in [6.07, 6.45) is 1.73. The Hall–Kier alpha value is -2.91. The van der Waals surface area contributed by atoms with E-state index in [0.29, 0.717) is 48.8 Å². The molecule has 0 bridgehead atoms. The lowest BCUT2D eigenvalue weighted by Crippen LogP contribution is -2.28. The van der Waals surface area contributed by atoms with E-state index in [1.807, 2.05) is 0 Å². The van der Waals surface area contributed by atoms with Gasteiger partial charge in [0.1, 0.15) is 12.4 Å². The predicted molar refractivity (Wildman–Crippen MR) is 111 cm³/mol. The lowest BCUT2D eigenvalue weighted by atomic mass is 10.1. The molecule has 1 N–H and O–H groups in total. The molecule has 8 nitrogen and oxygen atoms in total. The van der Waals surface area contributed by atoms with Crippen molar-refractivity contribution in [3.8, 4) is 5.75 Å². The molecule has 0 saturated carbocycles. The van der Waals surface area contributed by atoms with Crippen LogP contribution in [-0.2, 0) is 10.0 Å². The Balaban J connectivity index is 1.51. The van der Waals surface area contributed by atoms with E-state index in [9.17, 15) is 18.0 Å². The molecule has 2 aromatic rings. The van der Waals surface area contributed by atoms with Gasteiger partial charge in [-0.15, -0.1) is 0 Å². The van der Waals surface area contributed by atoms with Gasteiger partial charge in [-0.05, 0) is 55.3 Å². The molecule has 0 atom stereocenters. The van der Waals surface area contributed by atoms with E-state index in [1.165, 1.54) is 28.6 Å². The van der Waals surface area contributed by atoms with Crippen LogP contribution in [-0.4, -0.2) is 62.7 Å². The van der Waals surface area contributed by atoms with Crippen molar-refractivity contribution in [2.45, 2.75) is 17.7 Å². The third-order valence-corrected chi connectivity index (χ3v) is 7.23. The summed E-state index contributed by atoms with van der Waals surface area (Å²) in [4.78, 5) is 26.8. The number of hydrogen-bond acceptors (Lipinski definition) is 5. The summed E-state index contributed by atoms with van der Waals surface area (Å²) in [5, 5.41) is 2.75. The first-order valence-electron chi connectivity index (χ1n) is 9.80. The number of amides is 2. The van der Waals surface area contributed by atoms with Gasteiger partial charge < -0.3 is 15.0 Å². The minimum Gasteiger partial charge on any atom is -0.491 e. The normalized spacial score (nSPS) is 17.2. The maximum atomic E-state index is 12.6. The molecular formula is C21H23N3O5S. The Labute approximate surface area is 175 Å². The fraction of sp³-hybridized carbons (Fsp3) is 0.333. The largest absolute Gasteiger partial charge is 0.491 e. The van der Waals surface area contributed by atoms with Crippen LogP contribution in [0.1, 0.15) is 33.6 Å². The third-order valence-electron chi connectivity index (χ3n) is 5.32. The van der Waals surface area contributed by atoms with E-state index in [4.69, 9.17) is 4.74 Å². The molecule has 9 heteroatoms. The van der Waals surface area contributed by atoms with Crippen molar-refractivity contribution in [2.75, 3.05) is 38.6 Å². The number of fused-ring (bicyclic) bond motifs is 1. The van der Waals surface area contributed by atoms with Crippen LogP contribution < -0.4 is 10.1 Å². The fourth-order valence-electron chi connectivity index (χ4n) is 3.56. The number of likely N-dealkylation sites (N-methyl/N-ethyl adjacent to an activating group) is 1. The molecular weight excluding hydrogens is 406 g/mol. The summed E-state index contributed by atoms with van der Waals surface area (Å²) in [5.74, 6) is -0.0793. The number of ether oxygens (including phenoxy) is 1. The molecule has 0 aliphatic carbocycles. The van der Waals surface area contributed by atoms with Crippen LogP contribution in [0.3, 0.4) is 0 Å². The Bertz CT molecular complexity index is 1080. The summed E-state index contributed by atoms with van der Waals surface area (Å²) in [7, 11) is -1.82. The van der Waals surface area contributed by atoms with E-state index in [2.05, 4.69) is 5.32 Å². The number of carbonyl (C=O) groups is 2. The van der Waals surface area contributed by atoms with Crippen LogP contribution in [0.5, 0.6) is 5.75 Å². The average Bonchev–Trinajstić information content (AvgIpc) is 3.25. The molecule has 2 aromatic carbocycles. The highest BCUT2D eigenvalue weighted by atomic mass is 32.2. The van der Waals surface area contributed by atoms with Gasteiger partial charge in [0.2, 0.25) is 10.0 Å². The number of sulfonamides is 1. The monoisotopic (exact) mass is 429 g/mol. The smallest absolute Gasteiger partial charge is 0.257 e. The van der Waals surface area contributed by atoms with Crippen LogP contribution >= 0.6 is 0 Å². The molecule has 1 saturated heterocycles. The molecule has 2 aliphatic rings. The van der Waals surface area contributed by atoms with E-state index in [1.54, 1.807) is 30.1 Å². The summed E-state index contributed by atoms with van der Waals surface area (Å²) >= 11 is 0. The van der Waals surface area contributed by atoms with Crippen LogP contribution in [0.4, 0.5) is 5.69 Å². The second kappa shape index (κ2) is 8.08. The van der Waals surface area contributed by atoms with Crippen LogP contribution in [0.15, 0.2) is 47.4 Å². The molecule has 0 aromatic heterocycles. The van der Waals surface area contributed by atoms with Gasteiger partial charge in [-0.1, -0.05) is 0 Å². The molecule has 0 spiro atoms. The standard InChI is InChI=1S/C21H23N3O5S/c1-23-12-13-29-19-9-6-16(14-18(19)21(23)26)22-20(25)15-4-7-17(8-5-15)30(27,28)24-10-2-3-11-24/h4-9,14H,2-3,10-13H2,1H3,(H,22,25). The number of rotatable bonds is 4. The highest BCUT2D eigenvalue weighted by molar-refractivity contribution is 7.89. The number of anilines is 1. The number of benzene rings is 2. The van der Waals surface area contributed by atoms with Gasteiger partial charge >= 0.3 is 0 Å². The Morgan fingerprint density at radius 1 is 1.03 bits per heavy atom.